The molecule has 124 valence electrons. The molecule has 0 saturated carbocycles. The highest BCUT2D eigenvalue weighted by Crippen LogP contribution is 2.20. The van der Waals surface area contributed by atoms with Gasteiger partial charge in [-0.2, -0.15) is 0 Å². The SMILES string of the molecule is CCOC1CCN(C(=O)c2cnc3c(c2)nc(N)n3CC)CC1. The number of pyridine rings is 1. The van der Waals surface area contributed by atoms with Crippen LogP contribution in [0.4, 0.5) is 5.95 Å². The number of anilines is 1. The van der Waals surface area contributed by atoms with E-state index in [2.05, 4.69) is 9.97 Å². The number of hydrogen-bond donors (Lipinski definition) is 1. The highest BCUT2D eigenvalue weighted by atomic mass is 16.5. The molecule has 1 aliphatic rings. The van der Waals surface area contributed by atoms with Gasteiger partial charge in [-0.05, 0) is 32.8 Å². The van der Waals surface area contributed by atoms with Gasteiger partial charge in [-0.3, -0.25) is 9.36 Å². The second kappa shape index (κ2) is 6.54. The van der Waals surface area contributed by atoms with Crippen LogP contribution in [0, 0.1) is 0 Å². The van der Waals surface area contributed by atoms with E-state index in [0.717, 1.165) is 25.1 Å². The summed E-state index contributed by atoms with van der Waals surface area (Å²) in [5.74, 6) is 0.427. The zero-order valence-electron chi connectivity index (χ0n) is 13.7. The van der Waals surface area contributed by atoms with Gasteiger partial charge in [0, 0.05) is 32.4 Å². The van der Waals surface area contributed by atoms with E-state index in [1.165, 1.54) is 0 Å². The first-order valence-electron chi connectivity index (χ1n) is 8.16. The number of fused-ring (bicyclic) bond motifs is 1. The van der Waals surface area contributed by atoms with Crippen molar-refractivity contribution in [3.63, 3.8) is 0 Å². The predicted octanol–water partition coefficient (Wildman–Crippen LogP) is 1.67. The Hall–Kier alpha value is -2.15. The molecular weight excluding hydrogens is 294 g/mol. The second-order valence-corrected chi connectivity index (χ2v) is 5.73. The third-order valence-electron chi connectivity index (χ3n) is 4.31. The molecule has 3 heterocycles. The fraction of sp³-hybridized carbons (Fsp3) is 0.562. The van der Waals surface area contributed by atoms with Crippen molar-refractivity contribution in [2.24, 2.45) is 0 Å². The Morgan fingerprint density at radius 2 is 2.13 bits per heavy atom. The summed E-state index contributed by atoms with van der Waals surface area (Å²) in [6.07, 6.45) is 3.65. The van der Waals surface area contributed by atoms with Gasteiger partial charge in [0.05, 0.1) is 11.7 Å². The van der Waals surface area contributed by atoms with Gasteiger partial charge in [0.1, 0.15) is 5.52 Å². The molecule has 3 rings (SSSR count). The third kappa shape index (κ3) is 3.01. The number of nitrogens with zero attached hydrogens (tertiary/aromatic N) is 4. The summed E-state index contributed by atoms with van der Waals surface area (Å²) in [6, 6.07) is 1.78. The minimum atomic E-state index is -0.000955. The van der Waals surface area contributed by atoms with Gasteiger partial charge in [-0.25, -0.2) is 9.97 Å². The smallest absolute Gasteiger partial charge is 0.255 e. The number of amides is 1. The Labute approximate surface area is 135 Å². The summed E-state index contributed by atoms with van der Waals surface area (Å²) < 4.78 is 7.46. The maximum atomic E-state index is 12.6. The van der Waals surface area contributed by atoms with E-state index in [9.17, 15) is 4.79 Å². The zero-order chi connectivity index (χ0) is 16.4. The summed E-state index contributed by atoms with van der Waals surface area (Å²) >= 11 is 0. The van der Waals surface area contributed by atoms with E-state index in [1.807, 2.05) is 23.3 Å². The number of nitrogen functional groups attached to an aromatic ring is 1. The average molecular weight is 317 g/mol. The molecule has 7 nitrogen and oxygen atoms in total. The number of piperidine rings is 1. The van der Waals surface area contributed by atoms with Crippen molar-refractivity contribution in [1.82, 2.24) is 19.4 Å². The Morgan fingerprint density at radius 1 is 1.39 bits per heavy atom. The highest BCUT2D eigenvalue weighted by Gasteiger charge is 2.24. The van der Waals surface area contributed by atoms with Crippen LogP contribution in [0.25, 0.3) is 11.2 Å². The normalized spacial score (nSPS) is 16.2. The zero-order valence-corrected chi connectivity index (χ0v) is 13.7. The summed E-state index contributed by atoms with van der Waals surface area (Å²) in [4.78, 5) is 23.2. The quantitative estimate of drug-likeness (QED) is 0.927. The van der Waals surface area contributed by atoms with Gasteiger partial charge in [0.2, 0.25) is 5.95 Å². The van der Waals surface area contributed by atoms with E-state index in [-0.39, 0.29) is 12.0 Å². The first-order chi connectivity index (χ1) is 11.1. The van der Waals surface area contributed by atoms with Crippen LogP contribution in [0.3, 0.4) is 0 Å². The summed E-state index contributed by atoms with van der Waals surface area (Å²) in [6.45, 7) is 6.84. The van der Waals surface area contributed by atoms with Crippen LogP contribution in [-0.4, -0.2) is 51.1 Å². The molecule has 2 N–H and O–H groups in total. The number of aromatic nitrogens is 3. The van der Waals surface area contributed by atoms with Crippen LogP contribution in [-0.2, 0) is 11.3 Å². The minimum absolute atomic E-state index is 0.000955. The largest absolute Gasteiger partial charge is 0.378 e. The van der Waals surface area contributed by atoms with E-state index >= 15 is 0 Å². The third-order valence-corrected chi connectivity index (χ3v) is 4.31. The van der Waals surface area contributed by atoms with E-state index in [0.29, 0.717) is 36.7 Å². The summed E-state index contributed by atoms with van der Waals surface area (Å²) in [5.41, 5.74) is 7.83. The number of aryl methyl sites for hydroxylation is 1. The maximum Gasteiger partial charge on any atom is 0.255 e. The molecule has 2 aromatic heterocycles. The fourth-order valence-corrected chi connectivity index (χ4v) is 3.10. The highest BCUT2D eigenvalue weighted by molar-refractivity contribution is 5.96. The second-order valence-electron chi connectivity index (χ2n) is 5.73. The van der Waals surface area contributed by atoms with Gasteiger partial charge in [0.15, 0.2) is 5.65 Å². The lowest BCUT2D eigenvalue weighted by Gasteiger charge is -2.31. The molecule has 1 aliphatic heterocycles. The molecule has 23 heavy (non-hydrogen) atoms. The number of carbonyl (C=O) groups is 1. The Bertz CT molecular complexity index is 704. The molecule has 2 aromatic rings. The lowest BCUT2D eigenvalue weighted by Crippen LogP contribution is -2.40. The molecule has 0 spiro atoms. The van der Waals surface area contributed by atoms with Crippen molar-refractivity contribution in [3.05, 3.63) is 17.8 Å². The summed E-state index contributed by atoms with van der Waals surface area (Å²) in [7, 11) is 0. The van der Waals surface area contributed by atoms with Crippen molar-refractivity contribution in [3.8, 4) is 0 Å². The standard InChI is InChI=1S/C16H23N5O2/c1-3-21-14-13(19-16(21)17)9-11(10-18-14)15(22)20-7-5-12(6-8-20)23-4-2/h9-10,12H,3-8H2,1-2H3,(H2,17,19). The number of ether oxygens (including phenoxy) is 1. The van der Waals surface area contributed by atoms with Crippen LogP contribution in [0.2, 0.25) is 0 Å². The summed E-state index contributed by atoms with van der Waals surface area (Å²) in [5, 5.41) is 0. The van der Waals surface area contributed by atoms with Crippen molar-refractivity contribution in [2.75, 3.05) is 25.4 Å². The first kappa shape index (κ1) is 15.7. The molecule has 1 saturated heterocycles. The van der Waals surface area contributed by atoms with Crippen molar-refractivity contribution >= 4 is 23.0 Å². The first-order valence-corrected chi connectivity index (χ1v) is 8.16. The number of rotatable bonds is 4. The van der Waals surface area contributed by atoms with Crippen molar-refractivity contribution in [1.29, 1.82) is 0 Å². The molecule has 7 heteroatoms. The molecular formula is C16H23N5O2. The van der Waals surface area contributed by atoms with Crippen molar-refractivity contribution < 1.29 is 9.53 Å². The van der Waals surface area contributed by atoms with Gasteiger partial charge in [-0.1, -0.05) is 0 Å². The van der Waals surface area contributed by atoms with Gasteiger partial charge in [0.25, 0.3) is 5.91 Å². The van der Waals surface area contributed by atoms with Gasteiger partial charge < -0.3 is 15.4 Å². The minimum Gasteiger partial charge on any atom is -0.378 e. The van der Waals surface area contributed by atoms with Crippen LogP contribution in [0.5, 0.6) is 0 Å². The van der Waals surface area contributed by atoms with Gasteiger partial charge in [-0.15, -0.1) is 0 Å². The predicted molar refractivity (Wildman–Crippen MR) is 88.2 cm³/mol. The number of nitrogens with two attached hydrogens (primary N) is 1. The van der Waals surface area contributed by atoms with E-state index in [1.54, 1.807) is 12.3 Å². The van der Waals surface area contributed by atoms with E-state index in [4.69, 9.17) is 10.5 Å². The number of carbonyl (C=O) groups excluding carboxylic acids is 1. The number of likely N-dealkylation sites (tertiary alicyclic amines) is 1. The molecule has 1 amide bonds. The lowest BCUT2D eigenvalue weighted by atomic mass is 10.1. The molecule has 0 bridgehead atoms. The maximum absolute atomic E-state index is 12.6. The lowest BCUT2D eigenvalue weighted by molar-refractivity contribution is 0.0146. The van der Waals surface area contributed by atoms with Gasteiger partial charge >= 0.3 is 0 Å². The molecule has 0 unspecified atom stereocenters. The van der Waals surface area contributed by atoms with Crippen LogP contribution in [0.1, 0.15) is 37.0 Å². The van der Waals surface area contributed by atoms with E-state index < -0.39 is 0 Å². The van der Waals surface area contributed by atoms with Crippen molar-refractivity contribution in [2.45, 2.75) is 39.3 Å². The molecule has 0 radical (unpaired) electrons. The average Bonchev–Trinajstić information content (AvgIpc) is 2.89. The van der Waals surface area contributed by atoms with Crippen LogP contribution < -0.4 is 5.73 Å². The number of hydrogen-bond acceptors (Lipinski definition) is 5. The monoisotopic (exact) mass is 317 g/mol. The van der Waals surface area contributed by atoms with Crippen LogP contribution >= 0.6 is 0 Å². The molecule has 0 atom stereocenters. The Kier molecular flexibility index (Phi) is 4.47. The molecule has 1 fully saturated rings. The molecule has 0 aromatic carbocycles. The Balaban J connectivity index is 1.76. The fourth-order valence-electron chi connectivity index (χ4n) is 3.10. The number of imidazole rings is 1. The molecule has 0 aliphatic carbocycles. The Morgan fingerprint density at radius 3 is 2.78 bits per heavy atom. The topological polar surface area (TPSA) is 86.3 Å². The van der Waals surface area contributed by atoms with Crippen LogP contribution in [0.15, 0.2) is 12.3 Å².